The van der Waals surface area contributed by atoms with Gasteiger partial charge in [0.1, 0.15) is 17.9 Å². The fraction of sp³-hybridized carbons (Fsp3) is 0.533. The first-order valence-corrected chi connectivity index (χ1v) is 9.83. The van der Waals surface area contributed by atoms with Crippen molar-refractivity contribution in [2.24, 2.45) is 11.5 Å². The SMILES string of the molecule is NCCSC[C@@H](N)C(=O)N[C@H]1[C@@H](O)[C@H](n2cnc3c(N)ncnc32)O[C@@H]1C(=O)O. The van der Waals surface area contributed by atoms with E-state index in [9.17, 15) is 19.8 Å². The molecule has 1 fully saturated rings. The average molecular weight is 426 g/mol. The smallest absolute Gasteiger partial charge is 0.335 e. The summed E-state index contributed by atoms with van der Waals surface area (Å²) in [6.45, 7) is 0.448. The van der Waals surface area contributed by atoms with Crippen LogP contribution in [0.5, 0.6) is 0 Å². The van der Waals surface area contributed by atoms with Crippen molar-refractivity contribution in [3.05, 3.63) is 12.7 Å². The van der Waals surface area contributed by atoms with Gasteiger partial charge in [0.15, 0.2) is 23.8 Å². The van der Waals surface area contributed by atoms with Gasteiger partial charge in [-0.05, 0) is 0 Å². The number of hydrogen-bond acceptors (Lipinski definition) is 11. The van der Waals surface area contributed by atoms with Crippen LogP contribution in [0.2, 0.25) is 0 Å². The van der Waals surface area contributed by atoms with E-state index in [4.69, 9.17) is 21.9 Å². The number of carboxylic acid groups (broad SMARTS) is 1. The summed E-state index contributed by atoms with van der Waals surface area (Å²) in [6.07, 6.45) is -1.55. The van der Waals surface area contributed by atoms with E-state index < -0.39 is 42.4 Å². The van der Waals surface area contributed by atoms with Crippen LogP contribution in [0.25, 0.3) is 11.2 Å². The minimum Gasteiger partial charge on any atom is -0.479 e. The molecule has 2 aromatic rings. The number of nitrogen functional groups attached to an aromatic ring is 1. The van der Waals surface area contributed by atoms with Crippen LogP contribution in [-0.4, -0.2) is 84.0 Å². The van der Waals surface area contributed by atoms with Crippen LogP contribution in [0.4, 0.5) is 5.82 Å². The van der Waals surface area contributed by atoms with Crippen molar-refractivity contribution >= 4 is 40.6 Å². The molecule has 29 heavy (non-hydrogen) atoms. The molecule has 13 nitrogen and oxygen atoms in total. The molecule has 0 unspecified atom stereocenters. The number of imidazole rings is 1. The number of aromatic nitrogens is 4. The minimum atomic E-state index is -1.50. The standard InChI is InChI=1S/C15H22N8O5S/c16-1-2-29-3-6(17)13(25)22-7-9(24)14(28-10(7)15(26)27)23-5-21-8-11(18)19-4-20-12(8)23/h4-7,9-10,14,24H,1-3,16-17H2,(H,22,25)(H,26,27)(H2,18,19,20)/t6-,7+,9-,10+,14-/m1/s1. The summed E-state index contributed by atoms with van der Waals surface area (Å²) in [5.41, 5.74) is 17.5. The number of ether oxygens (including phenoxy) is 1. The molecule has 0 aromatic carbocycles. The third-order valence-corrected chi connectivity index (χ3v) is 5.50. The van der Waals surface area contributed by atoms with E-state index in [2.05, 4.69) is 20.3 Å². The second-order valence-corrected chi connectivity index (χ2v) is 7.51. The van der Waals surface area contributed by atoms with Gasteiger partial charge >= 0.3 is 5.97 Å². The van der Waals surface area contributed by atoms with E-state index in [0.29, 0.717) is 18.1 Å². The van der Waals surface area contributed by atoms with Gasteiger partial charge in [-0.3, -0.25) is 9.36 Å². The van der Waals surface area contributed by atoms with Gasteiger partial charge in [-0.2, -0.15) is 11.8 Å². The third kappa shape index (κ3) is 4.25. The predicted octanol–water partition coefficient (Wildman–Crippen LogP) is -2.74. The van der Waals surface area contributed by atoms with E-state index in [0.717, 1.165) is 0 Å². The molecular formula is C15H22N8O5S. The maximum absolute atomic E-state index is 12.4. The Labute approximate surface area is 169 Å². The Balaban J connectivity index is 1.80. The molecule has 0 saturated carbocycles. The molecule has 1 saturated heterocycles. The van der Waals surface area contributed by atoms with Gasteiger partial charge < -0.3 is 37.5 Å². The highest BCUT2D eigenvalue weighted by Crippen LogP contribution is 2.32. The maximum atomic E-state index is 12.4. The summed E-state index contributed by atoms with van der Waals surface area (Å²) in [6, 6.07) is -2.12. The number of carbonyl (C=O) groups excluding carboxylic acids is 1. The Morgan fingerprint density at radius 3 is 2.83 bits per heavy atom. The number of aliphatic hydroxyl groups is 1. The van der Waals surface area contributed by atoms with Gasteiger partial charge in [0.05, 0.1) is 18.4 Å². The Bertz CT molecular complexity index is 895. The van der Waals surface area contributed by atoms with Crippen molar-refractivity contribution in [2.45, 2.75) is 30.5 Å². The molecule has 0 bridgehead atoms. The maximum Gasteiger partial charge on any atom is 0.335 e. The van der Waals surface area contributed by atoms with Crippen LogP contribution >= 0.6 is 11.8 Å². The summed E-state index contributed by atoms with van der Waals surface area (Å²) in [4.78, 5) is 36.0. The summed E-state index contributed by atoms with van der Waals surface area (Å²) in [7, 11) is 0. The zero-order valence-corrected chi connectivity index (χ0v) is 16.0. The van der Waals surface area contributed by atoms with Crippen molar-refractivity contribution < 1.29 is 24.5 Å². The molecular weight excluding hydrogens is 404 g/mol. The van der Waals surface area contributed by atoms with Crippen LogP contribution in [0.3, 0.4) is 0 Å². The minimum absolute atomic E-state index is 0.127. The van der Waals surface area contributed by atoms with Crippen LogP contribution < -0.4 is 22.5 Å². The number of amides is 1. The first-order valence-electron chi connectivity index (χ1n) is 8.68. The lowest BCUT2D eigenvalue weighted by atomic mass is 10.1. The van der Waals surface area contributed by atoms with Crippen LogP contribution in [0.15, 0.2) is 12.7 Å². The summed E-state index contributed by atoms with van der Waals surface area (Å²) in [5.74, 6) is -0.885. The first-order chi connectivity index (χ1) is 13.8. The topological polar surface area (TPSA) is 218 Å². The predicted molar refractivity (Wildman–Crippen MR) is 104 cm³/mol. The van der Waals surface area contributed by atoms with Gasteiger partial charge in [0, 0.05) is 18.1 Å². The highest BCUT2D eigenvalue weighted by molar-refractivity contribution is 7.99. The molecule has 0 radical (unpaired) electrons. The summed E-state index contributed by atoms with van der Waals surface area (Å²) in [5, 5.41) is 22.7. The number of aliphatic carboxylic acids is 1. The van der Waals surface area contributed by atoms with Crippen LogP contribution in [-0.2, 0) is 14.3 Å². The number of anilines is 1. The second kappa shape index (κ2) is 8.87. The monoisotopic (exact) mass is 426 g/mol. The van der Waals surface area contributed by atoms with Crippen molar-refractivity contribution in [3.63, 3.8) is 0 Å². The average Bonchev–Trinajstić information content (AvgIpc) is 3.24. The quantitative estimate of drug-likeness (QED) is 0.237. The molecule has 1 aliphatic rings. The molecule has 0 aliphatic carbocycles. The summed E-state index contributed by atoms with van der Waals surface area (Å²) < 4.78 is 6.86. The molecule has 158 valence electrons. The normalized spacial score (nSPS) is 25.2. The van der Waals surface area contributed by atoms with E-state index in [1.54, 1.807) is 0 Å². The van der Waals surface area contributed by atoms with Gasteiger partial charge in [0.2, 0.25) is 5.91 Å². The van der Waals surface area contributed by atoms with Crippen LogP contribution in [0.1, 0.15) is 6.23 Å². The van der Waals surface area contributed by atoms with Crippen LogP contribution in [0, 0.1) is 0 Å². The van der Waals surface area contributed by atoms with Gasteiger partial charge in [0.25, 0.3) is 0 Å². The zero-order valence-electron chi connectivity index (χ0n) is 15.2. The van der Waals surface area contributed by atoms with Crippen molar-refractivity contribution in [1.29, 1.82) is 0 Å². The molecule has 3 heterocycles. The third-order valence-electron chi connectivity index (χ3n) is 4.38. The van der Waals surface area contributed by atoms with E-state index in [-0.39, 0.29) is 17.0 Å². The molecule has 9 N–H and O–H groups in total. The molecule has 1 amide bonds. The zero-order chi connectivity index (χ0) is 21.1. The lowest BCUT2D eigenvalue weighted by molar-refractivity contribution is -0.152. The Morgan fingerprint density at radius 1 is 1.38 bits per heavy atom. The van der Waals surface area contributed by atoms with E-state index in [1.165, 1.54) is 29.0 Å². The Hall–Kier alpha value is -2.52. The first kappa shape index (κ1) is 21.2. The highest BCUT2D eigenvalue weighted by Gasteiger charge is 2.49. The number of carboxylic acids is 1. The number of thioether (sulfide) groups is 1. The highest BCUT2D eigenvalue weighted by atomic mass is 32.2. The molecule has 2 aromatic heterocycles. The number of rotatable bonds is 8. The molecule has 0 spiro atoms. The number of nitrogens with zero attached hydrogens (tertiary/aromatic N) is 4. The number of nitrogens with one attached hydrogen (secondary N) is 1. The van der Waals surface area contributed by atoms with Gasteiger partial charge in [-0.25, -0.2) is 19.7 Å². The molecule has 5 atom stereocenters. The number of carbonyl (C=O) groups is 2. The van der Waals surface area contributed by atoms with E-state index in [1.807, 2.05) is 0 Å². The summed E-state index contributed by atoms with van der Waals surface area (Å²) >= 11 is 1.40. The Kier molecular flexibility index (Phi) is 6.49. The molecule has 3 rings (SSSR count). The largest absolute Gasteiger partial charge is 0.479 e. The second-order valence-electron chi connectivity index (χ2n) is 6.36. The van der Waals surface area contributed by atoms with Crippen molar-refractivity contribution in [1.82, 2.24) is 24.8 Å². The fourth-order valence-corrected chi connectivity index (χ4v) is 3.71. The molecule has 1 aliphatic heterocycles. The Morgan fingerprint density at radius 2 is 2.14 bits per heavy atom. The fourth-order valence-electron chi connectivity index (χ4n) is 2.97. The van der Waals surface area contributed by atoms with Gasteiger partial charge in [-0.15, -0.1) is 0 Å². The molecule has 14 heteroatoms. The van der Waals surface area contributed by atoms with E-state index >= 15 is 0 Å². The lowest BCUT2D eigenvalue weighted by Gasteiger charge is -2.22. The number of fused-ring (bicyclic) bond motifs is 1. The van der Waals surface area contributed by atoms with Crippen molar-refractivity contribution in [2.75, 3.05) is 23.8 Å². The van der Waals surface area contributed by atoms with Crippen molar-refractivity contribution in [3.8, 4) is 0 Å². The number of hydrogen-bond donors (Lipinski definition) is 6. The number of aliphatic hydroxyl groups excluding tert-OH is 1. The lowest BCUT2D eigenvalue weighted by Crippen LogP contribution is -2.54. The van der Waals surface area contributed by atoms with Gasteiger partial charge in [-0.1, -0.05) is 0 Å². The number of nitrogens with two attached hydrogens (primary N) is 3.